The lowest BCUT2D eigenvalue weighted by Crippen LogP contribution is -2.45. The van der Waals surface area contributed by atoms with E-state index >= 15 is 0 Å². The summed E-state index contributed by atoms with van der Waals surface area (Å²) in [5.41, 5.74) is 1.53. The van der Waals surface area contributed by atoms with Crippen molar-refractivity contribution < 1.29 is 4.48 Å². The Labute approximate surface area is 151 Å². The van der Waals surface area contributed by atoms with Gasteiger partial charge < -0.3 is 4.48 Å². The topological polar surface area (TPSA) is 0 Å². The molecule has 1 fully saturated rings. The zero-order valence-corrected chi connectivity index (χ0v) is 16.1. The third kappa shape index (κ3) is 7.38. The fraction of sp³-hybridized carbons (Fsp3) is 0.739. The molecular weight excluding hydrogens is 290 g/mol. The van der Waals surface area contributed by atoms with Gasteiger partial charge in [-0.1, -0.05) is 88.6 Å². The van der Waals surface area contributed by atoms with Gasteiger partial charge >= 0.3 is 0 Å². The van der Waals surface area contributed by atoms with Crippen LogP contribution >= 0.6 is 0 Å². The second-order valence-electron chi connectivity index (χ2n) is 8.05. The van der Waals surface area contributed by atoms with Crippen molar-refractivity contribution in [2.24, 2.45) is 0 Å². The molecule has 0 bridgehead atoms. The smallest absolute Gasteiger partial charge is 0.104 e. The SMILES string of the molecule is CCCCCCCCCCCC[N+]1(Cc2ccccc2)CCCC1. The molecule has 2 rings (SSSR count). The summed E-state index contributed by atoms with van der Waals surface area (Å²) < 4.78 is 1.36. The maximum Gasteiger partial charge on any atom is 0.104 e. The lowest BCUT2D eigenvalue weighted by atomic mass is 10.1. The van der Waals surface area contributed by atoms with Gasteiger partial charge in [-0.25, -0.2) is 0 Å². The van der Waals surface area contributed by atoms with Crippen molar-refractivity contribution in [3.63, 3.8) is 0 Å². The summed E-state index contributed by atoms with van der Waals surface area (Å²) in [7, 11) is 0. The van der Waals surface area contributed by atoms with Crippen LogP contribution in [0, 0.1) is 0 Å². The summed E-state index contributed by atoms with van der Waals surface area (Å²) >= 11 is 0. The number of likely N-dealkylation sites (tertiary alicyclic amines) is 1. The van der Waals surface area contributed by atoms with E-state index in [0.29, 0.717) is 0 Å². The molecule has 0 amide bonds. The first kappa shape index (κ1) is 19.5. The third-order valence-corrected chi connectivity index (χ3v) is 5.86. The van der Waals surface area contributed by atoms with Gasteiger partial charge in [0.15, 0.2) is 0 Å². The van der Waals surface area contributed by atoms with Crippen LogP contribution in [-0.2, 0) is 6.54 Å². The predicted octanol–water partition coefficient (Wildman–Crippen LogP) is 6.72. The van der Waals surface area contributed by atoms with Gasteiger partial charge in [0.1, 0.15) is 6.54 Å². The van der Waals surface area contributed by atoms with Gasteiger partial charge in [0.05, 0.1) is 19.6 Å². The van der Waals surface area contributed by atoms with Crippen LogP contribution in [0.25, 0.3) is 0 Å². The van der Waals surface area contributed by atoms with Crippen LogP contribution < -0.4 is 0 Å². The van der Waals surface area contributed by atoms with Gasteiger partial charge in [-0.2, -0.15) is 0 Å². The largest absolute Gasteiger partial charge is 0.320 e. The Morgan fingerprint density at radius 1 is 0.708 bits per heavy atom. The minimum Gasteiger partial charge on any atom is -0.320 e. The normalized spacial score (nSPS) is 16.5. The average Bonchev–Trinajstić information content (AvgIpc) is 3.06. The summed E-state index contributed by atoms with van der Waals surface area (Å²) in [6, 6.07) is 11.2. The lowest BCUT2D eigenvalue weighted by molar-refractivity contribution is -0.930. The van der Waals surface area contributed by atoms with E-state index < -0.39 is 0 Å². The van der Waals surface area contributed by atoms with Gasteiger partial charge in [-0.15, -0.1) is 0 Å². The summed E-state index contributed by atoms with van der Waals surface area (Å²) in [5, 5.41) is 0. The van der Waals surface area contributed by atoms with E-state index in [1.54, 1.807) is 0 Å². The van der Waals surface area contributed by atoms with Crippen molar-refractivity contribution in [1.82, 2.24) is 0 Å². The summed E-state index contributed by atoms with van der Waals surface area (Å²) in [4.78, 5) is 0. The molecule has 136 valence electrons. The molecule has 1 aromatic carbocycles. The zero-order valence-electron chi connectivity index (χ0n) is 16.1. The quantitative estimate of drug-likeness (QED) is 0.278. The van der Waals surface area contributed by atoms with E-state index in [2.05, 4.69) is 37.3 Å². The van der Waals surface area contributed by atoms with Crippen LogP contribution in [0.3, 0.4) is 0 Å². The Bertz CT molecular complexity index is 405. The molecule has 1 nitrogen and oxygen atoms in total. The highest BCUT2D eigenvalue weighted by atomic mass is 15.4. The van der Waals surface area contributed by atoms with Crippen molar-refractivity contribution in [1.29, 1.82) is 0 Å². The molecule has 0 radical (unpaired) electrons. The number of unbranched alkanes of at least 4 members (excludes halogenated alkanes) is 9. The first-order valence-electron chi connectivity index (χ1n) is 10.7. The van der Waals surface area contributed by atoms with Crippen molar-refractivity contribution >= 4 is 0 Å². The maximum atomic E-state index is 2.32. The highest BCUT2D eigenvalue weighted by molar-refractivity contribution is 5.13. The second kappa shape index (κ2) is 11.7. The van der Waals surface area contributed by atoms with E-state index in [9.17, 15) is 0 Å². The molecular formula is C23H40N+. The Morgan fingerprint density at radius 2 is 1.25 bits per heavy atom. The molecule has 1 aromatic rings. The molecule has 1 saturated heterocycles. The van der Waals surface area contributed by atoms with Gasteiger partial charge in [-0.3, -0.25) is 0 Å². The van der Waals surface area contributed by atoms with Crippen molar-refractivity contribution in [2.75, 3.05) is 19.6 Å². The van der Waals surface area contributed by atoms with Crippen LogP contribution in [0.5, 0.6) is 0 Å². The highest BCUT2D eigenvalue weighted by Gasteiger charge is 2.31. The number of nitrogens with zero attached hydrogens (tertiary/aromatic N) is 1. The average molecular weight is 331 g/mol. The van der Waals surface area contributed by atoms with Crippen molar-refractivity contribution in [3.8, 4) is 0 Å². The molecule has 0 aromatic heterocycles. The second-order valence-corrected chi connectivity index (χ2v) is 8.05. The van der Waals surface area contributed by atoms with Gasteiger partial charge in [0.2, 0.25) is 0 Å². The van der Waals surface area contributed by atoms with Crippen molar-refractivity contribution in [3.05, 3.63) is 35.9 Å². The molecule has 1 heterocycles. The van der Waals surface area contributed by atoms with E-state index in [1.165, 1.54) is 113 Å². The van der Waals surface area contributed by atoms with Crippen LogP contribution in [0.15, 0.2) is 30.3 Å². The van der Waals surface area contributed by atoms with Gasteiger partial charge in [0.25, 0.3) is 0 Å². The molecule has 1 aliphatic rings. The van der Waals surface area contributed by atoms with Crippen LogP contribution in [-0.4, -0.2) is 24.1 Å². The fourth-order valence-corrected chi connectivity index (χ4v) is 4.37. The van der Waals surface area contributed by atoms with Gasteiger partial charge in [0, 0.05) is 18.4 Å². The molecule has 0 atom stereocenters. The predicted molar refractivity (Wildman–Crippen MR) is 106 cm³/mol. The molecule has 24 heavy (non-hydrogen) atoms. The molecule has 0 saturated carbocycles. The minimum absolute atomic E-state index is 1.26. The Hall–Kier alpha value is -0.820. The first-order chi connectivity index (χ1) is 11.8. The van der Waals surface area contributed by atoms with E-state index in [0.717, 1.165) is 0 Å². The van der Waals surface area contributed by atoms with Crippen LogP contribution in [0.2, 0.25) is 0 Å². The number of rotatable bonds is 13. The van der Waals surface area contributed by atoms with Crippen LogP contribution in [0.1, 0.15) is 89.5 Å². The summed E-state index contributed by atoms with van der Waals surface area (Å²) in [6.07, 6.45) is 17.3. The minimum atomic E-state index is 1.26. The molecule has 0 unspecified atom stereocenters. The standard InChI is InChI=1S/C23H40N/c1-2-3-4-5-6-7-8-9-10-14-19-24(20-15-16-21-24)22-23-17-12-11-13-18-23/h11-13,17-18H,2-10,14-16,19-22H2,1H3/q+1. The van der Waals surface area contributed by atoms with E-state index in [-0.39, 0.29) is 0 Å². The Balaban J connectivity index is 1.57. The highest BCUT2D eigenvalue weighted by Crippen LogP contribution is 2.25. The van der Waals surface area contributed by atoms with E-state index in [4.69, 9.17) is 0 Å². The maximum absolute atomic E-state index is 2.32. The molecule has 1 aliphatic heterocycles. The number of quaternary nitrogens is 1. The summed E-state index contributed by atoms with van der Waals surface area (Å²) in [6.45, 7) is 7.79. The third-order valence-electron chi connectivity index (χ3n) is 5.86. The number of hydrogen-bond acceptors (Lipinski definition) is 0. The lowest BCUT2D eigenvalue weighted by Gasteiger charge is -2.34. The molecule has 0 aliphatic carbocycles. The van der Waals surface area contributed by atoms with Gasteiger partial charge in [-0.05, 0) is 12.8 Å². The first-order valence-corrected chi connectivity index (χ1v) is 10.7. The number of benzene rings is 1. The molecule has 0 N–H and O–H groups in total. The molecule has 1 heteroatoms. The zero-order chi connectivity index (χ0) is 16.9. The van der Waals surface area contributed by atoms with Crippen molar-refractivity contribution in [2.45, 2.75) is 90.5 Å². The fourth-order valence-electron chi connectivity index (χ4n) is 4.37. The monoisotopic (exact) mass is 330 g/mol. The molecule has 0 spiro atoms. The summed E-state index contributed by atoms with van der Waals surface area (Å²) in [5.74, 6) is 0. The van der Waals surface area contributed by atoms with E-state index in [1.807, 2.05) is 0 Å². The van der Waals surface area contributed by atoms with Crippen LogP contribution in [0.4, 0.5) is 0 Å². The Morgan fingerprint density at radius 3 is 1.83 bits per heavy atom. The number of hydrogen-bond donors (Lipinski definition) is 0. The Kier molecular flexibility index (Phi) is 9.50.